The van der Waals surface area contributed by atoms with Gasteiger partial charge in [-0.15, -0.1) is 0 Å². The molecule has 0 aromatic heterocycles. The van der Waals surface area contributed by atoms with E-state index in [0.29, 0.717) is 0 Å². The van der Waals surface area contributed by atoms with Gasteiger partial charge in [-0.05, 0) is 56.6 Å². The lowest BCUT2D eigenvalue weighted by Crippen LogP contribution is -2.24. The third kappa shape index (κ3) is 2.93. The third-order valence-electron chi connectivity index (χ3n) is 7.06. The summed E-state index contributed by atoms with van der Waals surface area (Å²) in [5.41, 5.74) is 14.7. The van der Waals surface area contributed by atoms with Crippen molar-refractivity contribution in [3.63, 3.8) is 0 Å². The summed E-state index contributed by atoms with van der Waals surface area (Å²) in [6.45, 7) is 0. The fourth-order valence-corrected chi connectivity index (χ4v) is 5.46. The van der Waals surface area contributed by atoms with Gasteiger partial charge in [-0.1, -0.05) is 103 Å². The maximum Gasteiger partial charge on any atom is 0.0532 e. The molecule has 0 atom stereocenters. The van der Waals surface area contributed by atoms with Gasteiger partial charge in [0.1, 0.15) is 0 Å². The Morgan fingerprint density at radius 1 is 0.394 bits per heavy atom. The zero-order chi connectivity index (χ0) is 21.8. The molecule has 0 saturated heterocycles. The van der Waals surface area contributed by atoms with Gasteiger partial charge in [0.25, 0.3) is 0 Å². The summed E-state index contributed by atoms with van der Waals surface area (Å²) in [5, 5.41) is 0. The molecule has 7 rings (SSSR count). The van der Waals surface area contributed by atoms with E-state index in [1.807, 2.05) is 0 Å². The summed E-state index contributed by atoms with van der Waals surface area (Å²) in [5.74, 6) is 0. The molecule has 5 aromatic rings. The minimum absolute atomic E-state index is 0.984. The molecule has 0 saturated carbocycles. The van der Waals surface area contributed by atoms with Crippen molar-refractivity contribution in [2.24, 2.45) is 0 Å². The van der Waals surface area contributed by atoms with Crippen LogP contribution in [-0.4, -0.2) is 0 Å². The summed E-state index contributed by atoms with van der Waals surface area (Å²) in [6, 6.07) is 42.2. The van der Waals surface area contributed by atoms with Crippen LogP contribution in [-0.2, 0) is 12.8 Å². The van der Waals surface area contributed by atoms with Crippen molar-refractivity contribution < 1.29 is 0 Å². The van der Waals surface area contributed by atoms with E-state index in [0.717, 1.165) is 12.8 Å². The second kappa shape index (κ2) is 7.21. The molecular formula is C32H23N. The van der Waals surface area contributed by atoms with Crippen LogP contribution in [0.15, 0.2) is 115 Å². The monoisotopic (exact) mass is 421 g/mol. The largest absolute Gasteiger partial charge is 0.309 e. The number of nitrogens with zero attached hydrogens (tertiary/aromatic N) is 1. The van der Waals surface area contributed by atoms with Gasteiger partial charge < -0.3 is 4.90 Å². The SMILES string of the molecule is c1ccc(-c2ccc3c(c2)N2c4cc(-c5ccccc5)ccc4Cc4cccc(c42)C3)cc1. The van der Waals surface area contributed by atoms with E-state index in [1.54, 1.807) is 0 Å². The molecule has 5 aromatic carbocycles. The fraction of sp³-hybridized carbons (Fsp3) is 0.0625. The van der Waals surface area contributed by atoms with Gasteiger partial charge in [-0.2, -0.15) is 0 Å². The van der Waals surface area contributed by atoms with Crippen LogP contribution in [0, 0.1) is 0 Å². The molecule has 0 amide bonds. The minimum Gasteiger partial charge on any atom is -0.309 e. The Hall–Kier alpha value is -4.10. The summed E-state index contributed by atoms with van der Waals surface area (Å²) in [7, 11) is 0. The Morgan fingerprint density at radius 3 is 1.36 bits per heavy atom. The molecule has 0 unspecified atom stereocenters. The van der Waals surface area contributed by atoms with E-state index >= 15 is 0 Å². The first-order valence-electron chi connectivity index (χ1n) is 11.6. The second-order valence-corrected chi connectivity index (χ2v) is 9.03. The molecule has 0 spiro atoms. The molecule has 0 bridgehead atoms. The van der Waals surface area contributed by atoms with Crippen molar-refractivity contribution in [3.8, 4) is 22.3 Å². The highest BCUT2D eigenvalue weighted by Gasteiger charge is 2.31. The summed E-state index contributed by atoms with van der Waals surface area (Å²) in [4.78, 5) is 2.53. The maximum atomic E-state index is 2.53. The van der Waals surface area contributed by atoms with Crippen molar-refractivity contribution >= 4 is 17.1 Å². The standard InChI is InChI=1S/C32H23N/c1-3-8-22(9-4-1)24-14-16-26-18-28-12-7-13-29-19-27-17-15-25(23-10-5-2-6-11-23)21-31(27)33(32(28)29)30(26)20-24/h1-17,20-21H,18-19H2. The highest BCUT2D eigenvalue weighted by Crippen LogP contribution is 2.51. The van der Waals surface area contributed by atoms with Gasteiger partial charge in [0.05, 0.1) is 17.1 Å². The van der Waals surface area contributed by atoms with E-state index < -0.39 is 0 Å². The molecular weight excluding hydrogens is 398 g/mol. The molecule has 156 valence electrons. The highest BCUT2D eigenvalue weighted by molar-refractivity contribution is 5.92. The summed E-state index contributed by atoms with van der Waals surface area (Å²) >= 11 is 0. The molecule has 2 aliphatic heterocycles. The van der Waals surface area contributed by atoms with Gasteiger partial charge in [-0.25, -0.2) is 0 Å². The normalized spacial score (nSPS) is 13.2. The predicted molar refractivity (Wildman–Crippen MR) is 138 cm³/mol. The molecule has 33 heavy (non-hydrogen) atoms. The predicted octanol–water partition coefficient (Wildman–Crippen LogP) is 8.30. The first-order valence-corrected chi connectivity index (χ1v) is 11.6. The minimum atomic E-state index is 0.984. The van der Waals surface area contributed by atoms with Crippen LogP contribution in [0.4, 0.5) is 17.1 Å². The van der Waals surface area contributed by atoms with Crippen LogP contribution in [0.1, 0.15) is 22.3 Å². The van der Waals surface area contributed by atoms with Crippen molar-refractivity contribution in [1.82, 2.24) is 0 Å². The number of rotatable bonds is 2. The molecule has 2 heterocycles. The van der Waals surface area contributed by atoms with E-state index in [4.69, 9.17) is 0 Å². The summed E-state index contributed by atoms with van der Waals surface area (Å²) < 4.78 is 0. The second-order valence-electron chi connectivity index (χ2n) is 9.03. The van der Waals surface area contributed by atoms with Crippen molar-refractivity contribution in [1.29, 1.82) is 0 Å². The van der Waals surface area contributed by atoms with Crippen LogP contribution < -0.4 is 4.90 Å². The van der Waals surface area contributed by atoms with Crippen LogP contribution in [0.25, 0.3) is 22.3 Å². The lowest BCUT2D eigenvalue weighted by Gasteiger charge is -2.40. The molecule has 1 heteroatoms. The van der Waals surface area contributed by atoms with E-state index in [-0.39, 0.29) is 0 Å². The molecule has 0 aliphatic carbocycles. The Kier molecular flexibility index (Phi) is 4.04. The Labute approximate surface area is 194 Å². The van der Waals surface area contributed by atoms with Gasteiger partial charge in [0.2, 0.25) is 0 Å². The van der Waals surface area contributed by atoms with Gasteiger partial charge >= 0.3 is 0 Å². The number of fused-ring (bicyclic) bond motifs is 4. The highest BCUT2D eigenvalue weighted by atomic mass is 15.2. The van der Waals surface area contributed by atoms with Gasteiger partial charge in [0, 0.05) is 12.8 Å². The van der Waals surface area contributed by atoms with E-state index in [2.05, 4.69) is 120 Å². The van der Waals surface area contributed by atoms with Crippen LogP contribution in [0.3, 0.4) is 0 Å². The Bertz CT molecular complexity index is 1390. The van der Waals surface area contributed by atoms with Crippen LogP contribution >= 0.6 is 0 Å². The topological polar surface area (TPSA) is 3.24 Å². The van der Waals surface area contributed by atoms with Gasteiger partial charge in [0.15, 0.2) is 0 Å². The lowest BCUT2D eigenvalue weighted by atomic mass is 9.85. The molecule has 0 fully saturated rings. The maximum absolute atomic E-state index is 2.53. The number of benzene rings is 5. The fourth-order valence-electron chi connectivity index (χ4n) is 5.46. The zero-order valence-electron chi connectivity index (χ0n) is 18.3. The van der Waals surface area contributed by atoms with Crippen LogP contribution in [0.2, 0.25) is 0 Å². The molecule has 0 N–H and O–H groups in total. The number of para-hydroxylation sites is 1. The zero-order valence-corrected chi connectivity index (χ0v) is 18.3. The molecule has 1 nitrogen and oxygen atoms in total. The number of hydrogen-bond donors (Lipinski definition) is 0. The van der Waals surface area contributed by atoms with E-state index in [9.17, 15) is 0 Å². The first kappa shape index (κ1) is 18.5. The number of anilines is 3. The lowest BCUT2D eigenvalue weighted by molar-refractivity contribution is 1.01. The Balaban J connectivity index is 1.46. The quantitative estimate of drug-likeness (QED) is 0.271. The average Bonchev–Trinajstić information content (AvgIpc) is 2.89. The smallest absolute Gasteiger partial charge is 0.0532 e. The van der Waals surface area contributed by atoms with Crippen molar-refractivity contribution in [3.05, 3.63) is 138 Å². The average molecular weight is 422 g/mol. The molecule has 0 radical (unpaired) electrons. The Morgan fingerprint density at radius 2 is 0.879 bits per heavy atom. The summed E-state index contributed by atoms with van der Waals surface area (Å²) in [6.07, 6.45) is 1.97. The van der Waals surface area contributed by atoms with Gasteiger partial charge in [-0.3, -0.25) is 0 Å². The van der Waals surface area contributed by atoms with Crippen LogP contribution in [0.5, 0.6) is 0 Å². The van der Waals surface area contributed by atoms with E-state index in [1.165, 1.54) is 61.6 Å². The van der Waals surface area contributed by atoms with Crippen molar-refractivity contribution in [2.75, 3.05) is 4.90 Å². The number of hydrogen-bond acceptors (Lipinski definition) is 1. The molecule has 2 aliphatic rings. The van der Waals surface area contributed by atoms with Crippen molar-refractivity contribution in [2.45, 2.75) is 12.8 Å². The first-order chi connectivity index (χ1) is 16.3. The third-order valence-corrected chi connectivity index (χ3v) is 7.06.